The van der Waals surface area contributed by atoms with Crippen LogP contribution in [0.5, 0.6) is 23.0 Å². The Morgan fingerprint density at radius 1 is 0.742 bits per heavy atom. The molecule has 0 atom stereocenters. The fourth-order valence-electron chi connectivity index (χ4n) is 8.82. The monoisotopic (exact) mass is 855 g/mol. The molecule has 8 nitrogen and oxygen atoms in total. The Labute approximate surface area is 374 Å². The molecule has 62 heavy (non-hydrogen) atoms. The van der Waals surface area contributed by atoms with Gasteiger partial charge in [-0.3, -0.25) is 0 Å². The van der Waals surface area contributed by atoms with Crippen LogP contribution in [0.2, 0.25) is 0 Å². The van der Waals surface area contributed by atoms with Gasteiger partial charge in [-0.15, -0.1) is 0 Å². The molecule has 0 saturated heterocycles. The third-order valence-corrected chi connectivity index (χ3v) is 13.0. The molecule has 0 fully saturated rings. The van der Waals surface area contributed by atoms with Crippen molar-refractivity contribution in [2.24, 2.45) is 0 Å². The summed E-state index contributed by atoms with van der Waals surface area (Å²) in [4.78, 5) is 2.30. The molecule has 9 heteroatoms. The van der Waals surface area contributed by atoms with E-state index in [1.807, 2.05) is 43.3 Å². The summed E-state index contributed by atoms with van der Waals surface area (Å²) >= 11 is 7.22. The Balaban J connectivity index is 1.14. The van der Waals surface area contributed by atoms with Gasteiger partial charge in [0, 0.05) is 58.0 Å². The first-order valence-corrected chi connectivity index (χ1v) is 22.7. The second-order valence-electron chi connectivity index (χ2n) is 17.6. The molecule has 7 rings (SSSR count). The summed E-state index contributed by atoms with van der Waals surface area (Å²) in [6.45, 7) is 17.4. The summed E-state index contributed by atoms with van der Waals surface area (Å²) in [5, 5.41) is 17.9. The normalized spacial score (nSPS) is 17.7. The first-order chi connectivity index (χ1) is 29.8. The number of likely N-dealkylation sites (N-methyl/N-ethyl adjacent to an activating group) is 1. The summed E-state index contributed by atoms with van der Waals surface area (Å²) in [5.41, 5.74) is 12.6. The molecule has 0 aromatic heterocycles. The number of unbranched alkanes of at least 4 members (excludes halogenated alkanes) is 2. The van der Waals surface area contributed by atoms with Crippen molar-refractivity contribution in [1.82, 2.24) is 0 Å². The van der Waals surface area contributed by atoms with Crippen LogP contribution >= 0.6 is 11.6 Å². The predicted octanol–water partition coefficient (Wildman–Crippen LogP) is 13.7. The number of fused-ring (bicyclic) bond motifs is 2. The van der Waals surface area contributed by atoms with Gasteiger partial charge in [-0.25, -0.2) is 0 Å². The van der Waals surface area contributed by atoms with Gasteiger partial charge in [0.2, 0.25) is 5.69 Å². The first-order valence-electron chi connectivity index (χ1n) is 22.3. The van der Waals surface area contributed by atoms with Crippen molar-refractivity contribution in [2.45, 2.75) is 97.8 Å². The number of ether oxygens (including phenoxy) is 3. The second-order valence-corrected chi connectivity index (χ2v) is 17.9. The lowest BCUT2D eigenvalue weighted by Gasteiger charge is -2.24. The molecule has 0 unspecified atom stereocenters. The maximum Gasteiger partial charge on any atom is 0.213 e. The predicted molar refractivity (Wildman–Crippen MR) is 259 cm³/mol. The number of phenols is 1. The van der Waals surface area contributed by atoms with Gasteiger partial charge in [0.1, 0.15) is 30.0 Å². The van der Waals surface area contributed by atoms with Crippen molar-refractivity contribution in [2.75, 3.05) is 49.4 Å². The number of phenolic OH excluding ortho intramolecular Hbond substituents is 1. The number of allylic oxidation sites excluding steroid dienone is 8. The van der Waals surface area contributed by atoms with Gasteiger partial charge in [-0.05, 0) is 130 Å². The average molecular weight is 857 g/mol. The second kappa shape index (κ2) is 18.8. The van der Waals surface area contributed by atoms with Crippen molar-refractivity contribution in [3.05, 3.63) is 130 Å². The maximum atomic E-state index is 9.86. The van der Waals surface area contributed by atoms with Crippen LogP contribution in [0.25, 0.3) is 0 Å². The van der Waals surface area contributed by atoms with Crippen LogP contribution in [0.4, 0.5) is 34.1 Å². The van der Waals surface area contributed by atoms with Crippen LogP contribution in [-0.2, 0) is 10.8 Å². The Morgan fingerprint density at radius 3 is 1.95 bits per heavy atom. The zero-order chi connectivity index (χ0) is 44.2. The van der Waals surface area contributed by atoms with Crippen LogP contribution in [-0.4, -0.2) is 49.3 Å². The van der Waals surface area contributed by atoms with Gasteiger partial charge in [0.15, 0.2) is 5.71 Å². The quantitative estimate of drug-likeness (QED) is 0.0555. The van der Waals surface area contributed by atoms with Gasteiger partial charge in [-0.1, -0.05) is 64.3 Å². The van der Waals surface area contributed by atoms with Crippen LogP contribution < -0.4 is 29.7 Å². The Morgan fingerprint density at radius 2 is 1.34 bits per heavy atom. The van der Waals surface area contributed by atoms with Crippen LogP contribution in [0.15, 0.2) is 119 Å². The highest BCUT2D eigenvalue weighted by atomic mass is 35.5. The van der Waals surface area contributed by atoms with Crippen LogP contribution in [0.3, 0.4) is 0 Å². The molecule has 0 bridgehead atoms. The lowest BCUT2D eigenvalue weighted by molar-refractivity contribution is -0.401. The van der Waals surface area contributed by atoms with Crippen molar-refractivity contribution in [3.8, 4) is 23.0 Å². The van der Waals surface area contributed by atoms with Gasteiger partial charge in [0.05, 0.1) is 42.7 Å². The molecule has 0 spiro atoms. The summed E-state index contributed by atoms with van der Waals surface area (Å²) in [6, 6.07) is 24.0. The van der Waals surface area contributed by atoms with E-state index in [4.69, 9.17) is 25.8 Å². The maximum absolute atomic E-state index is 9.86. The summed E-state index contributed by atoms with van der Waals surface area (Å²) in [6.07, 6.45) is 14.8. The minimum Gasteiger partial charge on any atom is -0.508 e. The Bertz CT molecular complexity index is 2440. The summed E-state index contributed by atoms with van der Waals surface area (Å²) < 4.78 is 20.7. The number of benzene rings is 4. The van der Waals surface area contributed by atoms with E-state index in [-0.39, 0.29) is 16.6 Å². The molecule has 1 aliphatic carbocycles. The standard InChI is InChI=1S/C53H63ClN4O4/c1-10-13-29-61-47-33-45-41(31-43(47)55-37-19-23-39(59)24-20-37)52(4,5)49(57(45)8)27-17-35-15-16-36(51(35)54)18-28-50-53(6,7)42-32-44(56-38-21-25-40(26-22-38)60-12-3)48(62-30-14-11-2)34-46(42)58(50)9/h17-28,31-34,55-56H,10-16,29-30H2,1-9H3/p+1. The van der Waals surface area contributed by atoms with E-state index < -0.39 is 0 Å². The van der Waals surface area contributed by atoms with E-state index in [1.165, 1.54) is 22.5 Å². The molecule has 4 aromatic carbocycles. The highest BCUT2D eigenvalue weighted by Crippen LogP contribution is 2.51. The van der Waals surface area contributed by atoms with Gasteiger partial charge in [-0.2, -0.15) is 4.58 Å². The SMILES string of the molecule is CCCCOc1cc2c(cc1Nc1ccc(OCC)cc1)C(C)(C)/C(=C/C=C1\CCC(/C=C/C3=[N+](C)c4cc(OCCCC)c(Nc5ccc(O)cc5)cc4C3(C)C)=C1Cl)N2C. The highest BCUT2D eigenvalue weighted by molar-refractivity contribution is 6.33. The van der Waals surface area contributed by atoms with E-state index in [0.717, 1.165) is 106 Å². The van der Waals surface area contributed by atoms with Crippen LogP contribution in [0.1, 0.15) is 98.1 Å². The number of hydrogen-bond donors (Lipinski definition) is 3. The molecule has 3 aliphatic rings. The molecule has 2 heterocycles. The van der Waals surface area contributed by atoms with E-state index >= 15 is 0 Å². The lowest BCUT2D eigenvalue weighted by atomic mass is 9.81. The number of nitrogens with one attached hydrogen (secondary N) is 2. The first kappa shape index (κ1) is 44.5. The molecule has 0 amide bonds. The van der Waals surface area contributed by atoms with Gasteiger partial charge in [0.25, 0.3) is 0 Å². The number of rotatable bonds is 17. The summed E-state index contributed by atoms with van der Waals surface area (Å²) in [7, 11) is 4.28. The summed E-state index contributed by atoms with van der Waals surface area (Å²) in [5.74, 6) is 2.74. The fraction of sp³-hybridized carbons (Fsp3) is 0.377. The van der Waals surface area contributed by atoms with Gasteiger partial charge >= 0.3 is 0 Å². The molecule has 3 N–H and O–H groups in total. The van der Waals surface area contributed by atoms with Crippen molar-refractivity contribution in [3.63, 3.8) is 0 Å². The molecule has 0 saturated carbocycles. The smallest absolute Gasteiger partial charge is 0.213 e. The lowest BCUT2D eigenvalue weighted by Crippen LogP contribution is -2.26. The van der Waals surface area contributed by atoms with Crippen molar-refractivity contribution >= 4 is 51.4 Å². The zero-order valence-electron chi connectivity index (χ0n) is 38.0. The van der Waals surface area contributed by atoms with Gasteiger partial charge < -0.3 is 34.9 Å². The van der Waals surface area contributed by atoms with E-state index in [0.29, 0.717) is 19.8 Å². The third-order valence-electron chi connectivity index (χ3n) is 12.5. The Hall–Kier alpha value is -5.60. The number of nitrogens with zero attached hydrogens (tertiary/aromatic N) is 2. The number of hydrogen-bond acceptors (Lipinski definition) is 7. The van der Waals surface area contributed by atoms with E-state index in [2.05, 4.69) is 124 Å². The largest absolute Gasteiger partial charge is 0.508 e. The molecular weight excluding hydrogens is 792 g/mol. The van der Waals surface area contributed by atoms with Crippen LogP contribution in [0, 0.1) is 0 Å². The minimum atomic E-state index is -0.277. The minimum absolute atomic E-state index is 0.234. The van der Waals surface area contributed by atoms with E-state index in [9.17, 15) is 5.11 Å². The average Bonchev–Trinajstić information content (AvgIpc) is 3.75. The molecule has 326 valence electrons. The topological polar surface area (TPSA) is 78.2 Å². The molecule has 2 aliphatic heterocycles. The third kappa shape index (κ3) is 9.12. The number of halogens is 1. The van der Waals surface area contributed by atoms with Crippen molar-refractivity contribution in [1.29, 1.82) is 0 Å². The molecule has 4 aromatic rings. The van der Waals surface area contributed by atoms with E-state index in [1.54, 1.807) is 12.1 Å². The highest BCUT2D eigenvalue weighted by Gasteiger charge is 2.44. The number of anilines is 5. The molecule has 0 radical (unpaired) electrons. The zero-order valence-corrected chi connectivity index (χ0v) is 38.8. The molecular formula is C53H64ClN4O4+. The van der Waals surface area contributed by atoms with Crippen molar-refractivity contribution < 1.29 is 23.9 Å². The fourth-order valence-corrected chi connectivity index (χ4v) is 9.13. The number of aromatic hydroxyl groups is 1. The Kier molecular flexibility index (Phi) is 13.5.